The summed E-state index contributed by atoms with van der Waals surface area (Å²) < 4.78 is 13.3. The Morgan fingerprint density at radius 1 is 1.44 bits per heavy atom. The first-order valence-corrected chi connectivity index (χ1v) is 5.66. The molecule has 0 aliphatic carbocycles. The van der Waals surface area contributed by atoms with Crippen LogP contribution in [0.15, 0.2) is 12.3 Å². The molecule has 2 heterocycles. The quantitative estimate of drug-likeness (QED) is 0.552. The van der Waals surface area contributed by atoms with Crippen LogP contribution in [0.2, 0.25) is 5.15 Å². The van der Waals surface area contributed by atoms with E-state index in [9.17, 15) is 4.39 Å². The van der Waals surface area contributed by atoms with E-state index in [4.69, 9.17) is 11.6 Å². The molecule has 2 nitrogen and oxygen atoms in total. The topological polar surface area (TPSA) is 16.1 Å². The normalized spacial score (nSPS) is 15.9. The lowest BCUT2D eigenvalue weighted by Gasteiger charge is -2.08. The number of hydrogen-bond acceptors (Lipinski definition) is 2. The minimum absolute atomic E-state index is 0.155. The summed E-state index contributed by atoms with van der Waals surface area (Å²) in [5.41, 5.74) is 0.309. The third kappa shape index (κ3) is 2.94. The van der Waals surface area contributed by atoms with Crippen molar-refractivity contribution in [1.82, 2.24) is 9.88 Å². The highest BCUT2D eigenvalue weighted by molar-refractivity contribution is 6.29. The van der Waals surface area contributed by atoms with E-state index in [1.807, 2.05) is 0 Å². The van der Waals surface area contributed by atoms with E-state index in [2.05, 4.69) is 21.7 Å². The van der Waals surface area contributed by atoms with Crippen LogP contribution in [0.3, 0.4) is 0 Å². The van der Waals surface area contributed by atoms with Crippen molar-refractivity contribution >= 4 is 11.6 Å². The summed E-state index contributed by atoms with van der Waals surface area (Å²) in [5.74, 6) is 5.33. The third-order valence-corrected chi connectivity index (χ3v) is 2.75. The van der Waals surface area contributed by atoms with Crippen LogP contribution in [0, 0.1) is 17.7 Å². The second kappa shape index (κ2) is 5.29. The number of rotatable bonds is 1. The highest BCUT2D eigenvalue weighted by atomic mass is 35.5. The molecule has 1 aromatic heterocycles. The lowest BCUT2D eigenvalue weighted by atomic mass is 10.3. The monoisotopic (exact) mass is 238 g/mol. The van der Waals surface area contributed by atoms with Gasteiger partial charge in [-0.2, -0.15) is 0 Å². The first kappa shape index (κ1) is 11.4. The number of aromatic nitrogens is 1. The van der Waals surface area contributed by atoms with Gasteiger partial charge in [0.15, 0.2) is 0 Å². The Hall–Kier alpha value is -1.11. The van der Waals surface area contributed by atoms with Gasteiger partial charge in [-0.1, -0.05) is 23.4 Å². The van der Waals surface area contributed by atoms with Gasteiger partial charge in [0.05, 0.1) is 12.1 Å². The molecule has 4 heteroatoms. The van der Waals surface area contributed by atoms with Gasteiger partial charge < -0.3 is 0 Å². The van der Waals surface area contributed by atoms with Crippen molar-refractivity contribution in [2.75, 3.05) is 19.6 Å². The van der Waals surface area contributed by atoms with Gasteiger partial charge in [0.2, 0.25) is 0 Å². The number of pyridine rings is 1. The number of halogens is 2. The Kier molecular flexibility index (Phi) is 3.76. The molecule has 0 bridgehead atoms. The van der Waals surface area contributed by atoms with E-state index >= 15 is 0 Å². The molecule has 1 fully saturated rings. The molecular weight excluding hydrogens is 227 g/mol. The lowest BCUT2D eigenvalue weighted by Crippen LogP contribution is -2.18. The zero-order valence-electron chi connectivity index (χ0n) is 8.84. The van der Waals surface area contributed by atoms with Crippen molar-refractivity contribution in [3.05, 3.63) is 28.8 Å². The van der Waals surface area contributed by atoms with Gasteiger partial charge in [-0.15, -0.1) is 0 Å². The van der Waals surface area contributed by atoms with Gasteiger partial charge in [0, 0.05) is 12.3 Å². The van der Waals surface area contributed by atoms with Gasteiger partial charge in [-0.25, -0.2) is 9.37 Å². The minimum Gasteiger partial charge on any atom is -0.292 e. The fraction of sp³-hybridized carbons (Fsp3) is 0.417. The molecular formula is C12H12ClFN2. The predicted octanol–water partition coefficient (Wildman–Crippen LogP) is 2.32. The van der Waals surface area contributed by atoms with Gasteiger partial charge in [-0.05, 0) is 25.9 Å². The second-order valence-electron chi connectivity index (χ2n) is 3.77. The molecule has 0 atom stereocenters. The maximum atomic E-state index is 13.3. The fourth-order valence-corrected chi connectivity index (χ4v) is 1.83. The largest absolute Gasteiger partial charge is 0.292 e. The van der Waals surface area contributed by atoms with Crippen molar-refractivity contribution < 1.29 is 4.39 Å². The summed E-state index contributed by atoms with van der Waals surface area (Å²) in [6, 6.07) is 1.18. The number of nitrogens with zero attached hydrogens (tertiary/aromatic N) is 2. The molecule has 1 saturated heterocycles. The zero-order valence-corrected chi connectivity index (χ0v) is 9.60. The van der Waals surface area contributed by atoms with Crippen LogP contribution in [-0.2, 0) is 0 Å². The SMILES string of the molecule is Fc1cc(Cl)ncc1C#CCN1CCCC1. The smallest absolute Gasteiger partial charge is 0.143 e. The van der Waals surface area contributed by atoms with E-state index in [0.717, 1.165) is 13.1 Å². The van der Waals surface area contributed by atoms with E-state index in [-0.39, 0.29) is 5.15 Å². The fourth-order valence-electron chi connectivity index (χ4n) is 1.69. The van der Waals surface area contributed by atoms with Gasteiger partial charge in [0.25, 0.3) is 0 Å². The lowest BCUT2D eigenvalue weighted by molar-refractivity contribution is 0.383. The summed E-state index contributed by atoms with van der Waals surface area (Å²) in [6.45, 7) is 2.88. The Morgan fingerprint density at radius 3 is 2.88 bits per heavy atom. The van der Waals surface area contributed by atoms with Gasteiger partial charge in [0.1, 0.15) is 11.0 Å². The molecule has 1 aromatic rings. The maximum absolute atomic E-state index is 13.3. The van der Waals surface area contributed by atoms with E-state index in [0.29, 0.717) is 12.1 Å². The highest BCUT2D eigenvalue weighted by Crippen LogP contribution is 2.10. The summed E-state index contributed by atoms with van der Waals surface area (Å²) in [4.78, 5) is 6.06. The van der Waals surface area contributed by atoms with Crippen LogP contribution in [0.5, 0.6) is 0 Å². The first-order chi connectivity index (χ1) is 7.75. The zero-order chi connectivity index (χ0) is 11.4. The van der Waals surface area contributed by atoms with Crippen LogP contribution in [0.25, 0.3) is 0 Å². The molecule has 0 amide bonds. The molecule has 0 unspecified atom stereocenters. The molecule has 0 aromatic carbocycles. The van der Waals surface area contributed by atoms with Crippen molar-refractivity contribution in [2.24, 2.45) is 0 Å². The van der Waals surface area contributed by atoms with E-state index in [1.165, 1.54) is 25.1 Å². The maximum Gasteiger partial charge on any atom is 0.143 e. The molecule has 2 rings (SSSR count). The number of hydrogen-bond donors (Lipinski definition) is 0. The summed E-state index contributed by atoms with van der Waals surface area (Å²) in [6.07, 6.45) is 3.84. The molecule has 0 saturated carbocycles. The number of likely N-dealkylation sites (tertiary alicyclic amines) is 1. The predicted molar refractivity (Wildman–Crippen MR) is 61.8 cm³/mol. The van der Waals surface area contributed by atoms with Gasteiger partial charge >= 0.3 is 0 Å². The van der Waals surface area contributed by atoms with Crippen LogP contribution in [-0.4, -0.2) is 29.5 Å². The molecule has 0 radical (unpaired) electrons. The molecule has 0 N–H and O–H groups in total. The molecule has 1 aliphatic rings. The standard InChI is InChI=1S/C12H12ClFN2/c13-12-8-11(14)10(9-15-12)4-3-7-16-5-1-2-6-16/h8-9H,1-2,5-7H2. The van der Waals surface area contributed by atoms with Crippen molar-refractivity contribution in [1.29, 1.82) is 0 Å². The Balaban J connectivity index is 2.00. The Bertz CT molecular complexity index is 430. The van der Waals surface area contributed by atoms with Crippen molar-refractivity contribution in [3.8, 4) is 11.8 Å². The molecule has 0 spiro atoms. The summed E-state index contributed by atoms with van der Waals surface area (Å²) in [5, 5.41) is 0.155. The highest BCUT2D eigenvalue weighted by Gasteiger charge is 2.08. The summed E-state index contributed by atoms with van der Waals surface area (Å²) >= 11 is 5.55. The van der Waals surface area contributed by atoms with Crippen LogP contribution >= 0.6 is 11.6 Å². The molecule has 84 valence electrons. The average Bonchev–Trinajstić information content (AvgIpc) is 2.74. The van der Waals surface area contributed by atoms with E-state index in [1.54, 1.807) is 0 Å². The van der Waals surface area contributed by atoms with Crippen molar-refractivity contribution in [2.45, 2.75) is 12.8 Å². The molecule has 1 aliphatic heterocycles. The first-order valence-electron chi connectivity index (χ1n) is 5.28. The Morgan fingerprint density at radius 2 is 2.19 bits per heavy atom. The summed E-state index contributed by atoms with van der Waals surface area (Å²) in [7, 11) is 0. The van der Waals surface area contributed by atoms with Crippen LogP contribution in [0.1, 0.15) is 18.4 Å². The second-order valence-corrected chi connectivity index (χ2v) is 4.16. The average molecular weight is 239 g/mol. The van der Waals surface area contributed by atoms with Crippen molar-refractivity contribution in [3.63, 3.8) is 0 Å². The van der Waals surface area contributed by atoms with Crippen LogP contribution < -0.4 is 0 Å². The Labute approximate surface area is 99.4 Å². The van der Waals surface area contributed by atoms with Crippen LogP contribution in [0.4, 0.5) is 4.39 Å². The minimum atomic E-state index is -0.408. The molecule has 16 heavy (non-hydrogen) atoms. The van der Waals surface area contributed by atoms with E-state index < -0.39 is 5.82 Å². The van der Waals surface area contributed by atoms with Gasteiger partial charge in [-0.3, -0.25) is 4.90 Å². The third-order valence-electron chi connectivity index (χ3n) is 2.54.